The molecule has 104 valence electrons. The van der Waals surface area contributed by atoms with E-state index in [-0.39, 0.29) is 5.41 Å². The quantitative estimate of drug-likeness (QED) is 0.637. The Kier molecular flexibility index (Phi) is 4.01. The molecule has 2 nitrogen and oxygen atoms in total. The van der Waals surface area contributed by atoms with Gasteiger partial charge in [0.25, 0.3) is 0 Å². The van der Waals surface area contributed by atoms with Gasteiger partial charge in [0.05, 0.1) is 5.69 Å². The highest BCUT2D eigenvalue weighted by Crippen LogP contribution is 2.31. The Morgan fingerprint density at radius 2 is 1.90 bits per heavy atom. The Hall–Kier alpha value is -1.03. The summed E-state index contributed by atoms with van der Waals surface area (Å²) in [5, 5.41) is 2.03. The Labute approximate surface area is 132 Å². The molecule has 0 atom stereocenters. The molecule has 0 aliphatic rings. The van der Waals surface area contributed by atoms with E-state index < -0.39 is 0 Å². The minimum absolute atomic E-state index is 0.269. The molecule has 0 saturated carbocycles. The van der Waals surface area contributed by atoms with Crippen LogP contribution in [0.5, 0.6) is 0 Å². The first-order valence-corrected chi connectivity index (χ1v) is 8.31. The van der Waals surface area contributed by atoms with Gasteiger partial charge in [0, 0.05) is 41.4 Å². The Balaban J connectivity index is 1.96. The first-order valence-electron chi connectivity index (χ1n) is 6.36. The molecule has 2 heterocycles. The van der Waals surface area contributed by atoms with Crippen LogP contribution >= 0.6 is 34.5 Å². The lowest BCUT2D eigenvalue weighted by Crippen LogP contribution is -2.33. The smallest absolute Gasteiger partial charge is 0.193 e. The number of nitrogens with zero attached hydrogens (tertiary/aromatic N) is 2. The molecule has 3 aromatic rings. The topological polar surface area (TPSA) is 17.3 Å². The summed E-state index contributed by atoms with van der Waals surface area (Å²) < 4.78 is 2.04. The summed E-state index contributed by atoms with van der Waals surface area (Å²) in [5.41, 5.74) is 1.93. The molecular formula is C15H14Cl2N2S. The second-order valence-electron chi connectivity index (χ2n) is 4.92. The van der Waals surface area contributed by atoms with Gasteiger partial charge in [-0.2, -0.15) is 0 Å². The third-order valence-electron chi connectivity index (χ3n) is 3.56. The largest absolute Gasteiger partial charge is 0.297 e. The number of hydrogen-bond acceptors (Lipinski definition) is 2. The van der Waals surface area contributed by atoms with Crippen LogP contribution in [-0.2, 0) is 11.8 Å². The second-order valence-corrected chi connectivity index (χ2v) is 6.32. The summed E-state index contributed by atoms with van der Waals surface area (Å²) in [6, 6.07) is 10.2. The van der Waals surface area contributed by atoms with Crippen LogP contribution in [0.3, 0.4) is 0 Å². The van der Waals surface area contributed by atoms with Crippen LogP contribution in [0, 0.1) is 0 Å². The van der Waals surface area contributed by atoms with Gasteiger partial charge < -0.3 is 0 Å². The van der Waals surface area contributed by atoms with Gasteiger partial charge in [-0.15, -0.1) is 34.5 Å². The zero-order valence-electron chi connectivity index (χ0n) is 10.8. The molecule has 0 aliphatic heterocycles. The van der Waals surface area contributed by atoms with Gasteiger partial charge in [-0.05, 0) is 5.56 Å². The molecule has 20 heavy (non-hydrogen) atoms. The van der Waals surface area contributed by atoms with Crippen molar-refractivity contribution in [2.75, 3.05) is 11.8 Å². The average Bonchev–Trinajstić information content (AvgIpc) is 3.07. The highest BCUT2D eigenvalue weighted by Gasteiger charge is 2.32. The lowest BCUT2D eigenvalue weighted by Gasteiger charge is -2.29. The summed E-state index contributed by atoms with van der Waals surface area (Å²) in [7, 11) is 0. The molecule has 0 unspecified atom stereocenters. The zero-order chi connectivity index (χ0) is 14.0. The monoisotopic (exact) mass is 324 g/mol. The summed E-state index contributed by atoms with van der Waals surface area (Å²) in [6.07, 6.45) is 4.82. The standard InChI is InChI=1S/C15H14Cl2N2S/c16-10-15(11-17,12-4-2-1-3-5-12)8-13-9-19-6-7-20-14(19)18-13/h1-7,9H,8,10-11H2. The number of benzene rings is 1. The van der Waals surface area contributed by atoms with Gasteiger partial charge in [-0.3, -0.25) is 4.40 Å². The van der Waals surface area contributed by atoms with Crippen LogP contribution in [0.2, 0.25) is 0 Å². The van der Waals surface area contributed by atoms with E-state index in [1.54, 1.807) is 11.3 Å². The van der Waals surface area contributed by atoms with E-state index in [1.807, 2.05) is 34.2 Å². The number of imidazole rings is 1. The van der Waals surface area contributed by atoms with Crippen molar-refractivity contribution in [3.63, 3.8) is 0 Å². The normalized spacial score (nSPS) is 12.1. The predicted octanol–water partition coefficient (Wildman–Crippen LogP) is 4.35. The highest BCUT2D eigenvalue weighted by molar-refractivity contribution is 7.15. The van der Waals surface area contributed by atoms with Crippen LogP contribution in [0.4, 0.5) is 0 Å². The van der Waals surface area contributed by atoms with E-state index in [9.17, 15) is 0 Å². The van der Waals surface area contributed by atoms with Crippen molar-refractivity contribution in [3.05, 3.63) is 59.4 Å². The van der Waals surface area contributed by atoms with E-state index in [0.29, 0.717) is 11.8 Å². The third kappa shape index (κ3) is 2.46. The fourth-order valence-corrected chi connectivity index (χ4v) is 3.89. The summed E-state index contributed by atoms with van der Waals surface area (Å²) in [4.78, 5) is 5.65. The molecule has 0 fully saturated rings. The molecule has 1 aromatic carbocycles. The van der Waals surface area contributed by atoms with Gasteiger partial charge in [-0.1, -0.05) is 30.3 Å². The Morgan fingerprint density at radius 1 is 1.15 bits per heavy atom. The molecule has 0 saturated heterocycles. The number of fused-ring (bicyclic) bond motifs is 1. The minimum atomic E-state index is -0.269. The maximum absolute atomic E-state index is 6.27. The van der Waals surface area contributed by atoms with Crippen LogP contribution in [0.25, 0.3) is 4.96 Å². The highest BCUT2D eigenvalue weighted by atomic mass is 35.5. The fraction of sp³-hybridized carbons (Fsp3) is 0.267. The molecule has 0 radical (unpaired) electrons. The van der Waals surface area contributed by atoms with E-state index >= 15 is 0 Å². The van der Waals surface area contributed by atoms with Crippen molar-refractivity contribution in [2.45, 2.75) is 11.8 Å². The summed E-state index contributed by atoms with van der Waals surface area (Å²) >= 11 is 14.2. The Bertz CT molecular complexity index is 658. The van der Waals surface area contributed by atoms with Gasteiger partial charge in [-0.25, -0.2) is 4.98 Å². The molecule has 0 aliphatic carbocycles. The van der Waals surface area contributed by atoms with Crippen molar-refractivity contribution in [1.82, 2.24) is 9.38 Å². The van der Waals surface area contributed by atoms with E-state index in [1.165, 1.54) is 5.56 Å². The summed E-state index contributed by atoms with van der Waals surface area (Å²) in [6.45, 7) is 0. The van der Waals surface area contributed by atoms with E-state index in [4.69, 9.17) is 23.2 Å². The van der Waals surface area contributed by atoms with Crippen molar-refractivity contribution in [3.8, 4) is 0 Å². The molecule has 5 heteroatoms. The molecule has 0 amide bonds. The van der Waals surface area contributed by atoms with Crippen molar-refractivity contribution in [2.24, 2.45) is 0 Å². The minimum Gasteiger partial charge on any atom is -0.297 e. The number of halogens is 2. The Morgan fingerprint density at radius 3 is 2.55 bits per heavy atom. The van der Waals surface area contributed by atoms with Gasteiger partial charge in [0.2, 0.25) is 0 Å². The number of thiazole rings is 1. The lowest BCUT2D eigenvalue weighted by atomic mass is 9.80. The number of hydrogen-bond donors (Lipinski definition) is 0. The van der Waals surface area contributed by atoms with Crippen molar-refractivity contribution >= 4 is 39.5 Å². The first-order chi connectivity index (χ1) is 9.77. The zero-order valence-corrected chi connectivity index (χ0v) is 13.1. The van der Waals surface area contributed by atoms with Crippen LogP contribution in [-0.4, -0.2) is 21.1 Å². The van der Waals surface area contributed by atoms with Gasteiger partial charge in [0.1, 0.15) is 0 Å². The maximum Gasteiger partial charge on any atom is 0.193 e. The van der Waals surface area contributed by atoms with E-state index in [2.05, 4.69) is 23.3 Å². The molecule has 3 rings (SSSR count). The first kappa shape index (κ1) is 13.9. The van der Waals surface area contributed by atoms with Gasteiger partial charge >= 0.3 is 0 Å². The van der Waals surface area contributed by atoms with E-state index in [0.717, 1.165) is 17.1 Å². The lowest BCUT2D eigenvalue weighted by molar-refractivity contribution is 0.530. The second kappa shape index (κ2) is 5.76. The van der Waals surface area contributed by atoms with Crippen LogP contribution in [0.1, 0.15) is 11.3 Å². The predicted molar refractivity (Wildman–Crippen MR) is 86.3 cm³/mol. The third-order valence-corrected chi connectivity index (χ3v) is 5.35. The number of rotatable bonds is 5. The fourth-order valence-electron chi connectivity index (χ4n) is 2.39. The van der Waals surface area contributed by atoms with Crippen LogP contribution < -0.4 is 0 Å². The number of alkyl halides is 2. The SMILES string of the molecule is ClCC(CCl)(Cc1cn2ccsc2n1)c1ccccc1. The molecular weight excluding hydrogens is 311 g/mol. The molecule has 0 N–H and O–H groups in total. The van der Waals surface area contributed by atoms with Gasteiger partial charge in [0.15, 0.2) is 4.96 Å². The summed E-state index contributed by atoms with van der Waals surface area (Å²) in [5.74, 6) is 0.956. The molecule has 0 spiro atoms. The van der Waals surface area contributed by atoms with Crippen LogP contribution in [0.15, 0.2) is 48.1 Å². The maximum atomic E-state index is 6.27. The average molecular weight is 325 g/mol. The molecule has 0 bridgehead atoms. The van der Waals surface area contributed by atoms with Crippen molar-refractivity contribution < 1.29 is 0 Å². The molecule has 2 aromatic heterocycles. The number of aromatic nitrogens is 2. The van der Waals surface area contributed by atoms with Crippen molar-refractivity contribution in [1.29, 1.82) is 0 Å².